The monoisotopic (exact) mass is 387 g/mol. The Morgan fingerprint density at radius 3 is 0.926 bits per heavy atom. The molecule has 1 aromatic heterocycles. The first-order valence-electron chi connectivity index (χ1n) is 9.25. The first kappa shape index (κ1) is 23.3. The number of nitrogens with zero attached hydrogens (tertiary/aromatic N) is 3. The fraction of sp³-hybridized carbons (Fsp3) is 0.833. The molecule has 0 aromatic carbocycles. The van der Waals surface area contributed by atoms with Gasteiger partial charge in [-0.25, -0.2) is 0 Å². The number of rotatable bonds is 12. The lowest BCUT2D eigenvalue weighted by Crippen LogP contribution is -2.27. The Labute approximate surface area is 161 Å². The van der Waals surface area contributed by atoms with Gasteiger partial charge in [0.05, 0.1) is 0 Å². The van der Waals surface area contributed by atoms with Gasteiger partial charge in [-0.2, -0.15) is 14.7 Å². The summed E-state index contributed by atoms with van der Waals surface area (Å²) in [7, 11) is 0. The highest BCUT2D eigenvalue weighted by molar-refractivity contribution is 5.07. The van der Waals surface area contributed by atoms with Gasteiger partial charge in [0.1, 0.15) is 16.8 Å². The van der Waals surface area contributed by atoms with Crippen LogP contribution in [0.25, 0.3) is 0 Å². The Balaban J connectivity index is 2.96. The predicted molar refractivity (Wildman–Crippen MR) is 98.1 cm³/mol. The van der Waals surface area contributed by atoms with Crippen LogP contribution in [-0.2, 0) is 14.7 Å². The van der Waals surface area contributed by atoms with Crippen molar-refractivity contribution in [2.24, 2.45) is 0 Å². The molecule has 0 bridgehead atoms. The summed E-state index contributed by atoms with van der Waals surface area (Å²) in [5.41, 5.74) is -1.55. The van der Waals surface area contributed by atoms with Crippen molar-refractivity contribution < 1.29 is 29.3 Å². The summed E-state index contributed by atoms with van der Waals surface area (Å²) in [6.07, 6.45) is 2.19. The quantitative estimate of drug-likeness (QED) is 0.383. The lowest BCUT2D eigenvalue weighted by atomic mass is 10.1. The van der Waals surface area contributed by atoms with Crippen molar-refractivity contribution >= 4 is 0 Å². The second-order valence-electron chi connectivity index (χ2n) is 8.02. The zero-order valence-corrected chi connectivity index (χ0v) is 17.9. The summed E-state index contributed by atoms with van der Waals surface area (Å²) in [6.45, 7) is 17.2. The van der Waals surface area contributed by atoms with Gasteiger partial charge in [0.25, 0.3) is 0 Å². The van der Waals surface area contributed by atoms with E-state index in [9.17, 15) is 0 Å². The van der Waals surface area contributed by atoms with Gasteiger partial charge in [-0.15, -0.1) is 15.0 Å². The van der Waals surface area contributed by atoms with E-state index < -0.39 is 16.8 Å². The van der Waals surface area contributed by atoms with E-state index in [2.05, 4.69) is 15.0 Å². The van der Waals surface area contributed by atoms with Crippen LogP contribution >= 0.6 is 0 Å². The lowest BCUT2D eigenvalue weighted by molar-refractivity contribution is -0.300. The molecule has 0 atom stereocenters. The fourth-order valence-electron chi connectivity index (χ4n) is 1.06. The smallest absolute Gasteiger partial charge is 0.294 e. The van der Waals surface area contributed by atoms with Crippen LogP contribution in [0, 0.1) is 0 Å². The molecule has 0 N–H and O–H groups in total. The molecular formula is C18H33N3O6. The van der Waals surface area contributed by atoms with Crippen molar-refractivity contribution in [1.82, 2.24) is 15.0 Å². The van der Waals surface area contributed by atoms with Crippen LogP contribution in [0.15, 0.2) is 0 Å². The zero-order valence-electron chi connectivity index (χ0n) is 17.9. The average Bonchev–Trinajstić information content (AvgIpc) is 2.63. The topological polar surface area (TPSA) is 94.1 Å². The van der Waals surface area contributed by atoms with Crippen molar-refractivity contribution in [1.29, 1.82) is 0 Å². The van der Waals surface area contributed by atoms with Crippen LogP contribution in [0.2, 0.25) is 0 Å². The maximum atomic E-state index is 5.36. The van der Waals surface area contributed by atoms with Crippen molar-refractivity contribution in [3.05, 3.63) is 0 Å². The van der Waals surface area contributed by atoms with Crippen molar-refractivity contribution in [3.63, 3.8) is 0 Å². The molecule has 0 aliphatic carbocycles. The molecule has 9 heteroatoms. The van der Waals surface area contributed by atoms with E-state index in [4.69, 9.17) is 29.3 Å². The summed E-state index contributed by atoms with van der Waals surface area (Å²) in [4.78, 5) is 43.8. The van der Waals surface area contributed by atoms with E-state index >= 15 is 0 Å². The molecule has 0 amide bonds. The van der Waals surface area contributed by atoms with Crippen molar-refractivity contribution in [2.75, 3.05) is 0 Å². The Kier molecular flexibility index (Phi) is 8.19. The molecule has 0 aliphatic heterocycles. The van der Waals surface area contributed by atoms with Gasteiger partial charge in [0, 0.05) is 0 Å². The van der Waals surface area contributed by atoms with Crippen molar-refractivity contribution in [2.45, 2.75) is 98.4 Å². The van der Waals surface area contributed by atoms with E-state index in [-0.39, 0.29) is 18.0 Å². The van der Waals surface area contributed by atoms with Gasteiger partial charge in [-0.05, 0) is 60.8 Å². The molecule has 0 saturated heterocycles. The first-order valence-corrected chi connectivity index (χ1v) is 9.25. The standard InChI is InChI=1S/C18H33N3O6/c1-10-16(4,5)25-22-13-19-14(23-26-17(6,7)11-2)21-15(20-13)24-27-18(8,9)12-3/h10-12H2,1-9H3. The molecule has 0 fully saturated rings. The third kappa shape index (κ3) is 8.68. The van der Waals surface area contributed by atoms with Crippen molar-refractivity contribution in [3.8, 4) is 18.0 Å². The van der Waals surface area contributed by atoms with Gasteiger partial charge in [-0.1, -0.05) is 20.8 Å². The molecule has 1 rings (SSSR count). The Hall–Kier alpha value is -1.71. The van der Waals surface area contributed by atoms with Gasteiger partial charge in [-0.3, -0.25) is 14.7 Å². The summed E-state index contributed by atoms with van der Waals surface area (Å²) in [5.74, 6) is 0. The van der Waals surface area contributed by atoms with Gasteiger partial charge in [0.15, 0.2) is 0 Å². The molecule has 9 nitrogen and oxygen atoms in total. The summed E-state index contributed by atoms with van der Waals surface area (Å²) in [6, 6.07) is -0.396. The molecule has 1 heterocycles. The molecule has 0 spiro atoms. The highest BCUT2D eigenvalue weighted by Gasteiger charge is 2.24. The predicted octanol–water partition coefficient (Wildman–Crippen LogP) is 4.37. The lowest BCUT2D eigenvalue weighted by Gasteiger charge is -2.22. The van der Waals surface area contributed by atoms with Crippen LogP contribution in [0.4, 0.5) is 0 Å². The molecule has 0 unspecified atom stereocenters. The molecular weight excluding hydrogens is 354 g/mol. The average molecular weight is 387 g/mol. The third-order valence-electron chi connectivity index (χ3n) is 4.15. The first-order chi connectivity index (χ1) is 12.4. The van der Waals surface area contributed by atoms with E-state index in [1.165, 1.54) is 0 Å². The van der Waals surface area contributed by atoms with E-state index in [1.54, 1.807) is 0 Å². The Bertz CT molecular complexity index is 499. The normalized spacial score (nSPS) is 12.8. The third-order valence-corrected chi connectivity index (χ3v) is 4.15. The van der Waals surface area contributed by atoms with Gasteiger partial charge >= 0.3 is 18.0 Å². The largest absolute Gasteiger partial charge is 0.362 e. The maximum Gasteiger partial charge on any atom is 0.362 e. The zero-order chi connectivity index (χ0) is 20.7. The van der Waals surface area contributed by atoms with E-state index in [1.807, 2.05) is 62.3 Å². The minimum atomic E-state index is -0.518. The minimum absolute atomic E-state index is 0.132. The molecule has 0 aliphatic rings. The van der Waals surface area contributed by atoms with Crippen LogP contribution in [0.5, 0.6) is 18.0 Å². The summed E-state index contributed by atoms with van der Waals surface area (Å²) < 4.78 is 0. The van der Waals surface area contributed by atoms with Gasteiger partial charge < -0.3 is 0 Å². The minimum Gasteiger partial charge on any atom is -0.294 e. The highest BCUT2D eigenvalue weighted by Crippen LogP contribution is 2.22. The van der Waals surface area contributed by atoms with Gasteiger partial charge in [0.2, 0.25) is 0 Å². The molecule has 0 saturated carbocycles. The SMILES string of the molecule is CCC(C)(C)OOc1nc(OOC(C)(C)CC)nc(OOC(C)(C)CC)n1. The Morgan fingerprint density at radius 2 is 0.741 bits per heavy atom. The molecule has 1 aromatic rings. The summed E-state index contributed by atoms with van der Waals surface area (Å²) in [5, 5.41) is 0. The molecule has 156 valence electrons. The maximum absolute atomic E-state index is 5.36. The van der Waals surface area contributed by atoms with E-state index in [0.29, 0.717) is 0 Å². The number of hydrogen-bond donors (Lipinski definition) is 0. The van der Waals surface area contributed by atoms with Crippen LogP contribution in [-0.4, -0.2) is 31.8 Å². The van der Waals surface area contributed by atoms with Crippen LogP contribution in [0.3, 0.4) is 0 Å². The highest BCUT2D eigenvalue weighted by atomic mass is 17.2. The van der Waals surface area contributed by atoms with E-state index in [0.717, 1.165) is 19.3 Å². The summed E-state index contributed by atoms with van der Waals surface area (Å²) >= 11 is 0. The second kappa shape index (κ2) is 9.48. The van der Waals surface area contributed by atoms with Crippen LogP contribution in [0.1, 0.15) is 81.6 Å². The second-order valence-corrected chi connectivity index (χ2v) is 8.02. The number of hydrogen-bond acceptors (Lipinski definition) is 9. The molecule has 27 heavy (non-hydrogen) atoms. The molecule has 0 radical (unpaired) electrons. The Morgan fingerprint density at radius 1 is 0.519 bits per heavy atom. The number of aromatic nitrogens is 3. The van der Waals surface area contributed by atoms with Crippen LogP contribution < -0.4 is 14.7 Å². The fourth-order valence-corrected chi connectivity index (χ4v) is 1.06.